The lowest BCUT2D eigenvalue weighted by molar-refractivity contribution is 0.463. The van der Waals surface area contributed by atoms with E-state index >= 15 is 0 Å². The van der Waals surface area contributed by atoms with E-state index in [0.717, 1.165) is 54.4 Å². The van der Waals surface area contributed by atoms with Crippen molar-refractivity contribution in [3.63, 3.8) is 0 Å². The first kappa shape index (κ1) is 34.9. The first-order valence-corrected chi connectivity index (χ1v) is 19.1. The van der Waals surface area contributed by atoms with Crippen molar-refractivity contribution < 1.29 is 4.74 Å². The van der Waals surface area contributed by atoms with Crippen LogP contribution in [0.25, 0.3) is 0 Å². The summed E-state index contributed by atoms with van der Waals surface area (Å²) >= 11 is 7.17. The second-order valence-electron chi connectivity index (χ2n) is 12.4. The third-order valence-corrected chi connectivity index (χ3v) is 9.65. The number of ether oxygens (including phenoxy) is 1. The lowest BCUT2D eigenvalue weighted by Crippen LogP contribution is -2.16. The van der Waals surface area contributed by atoms with Crippen molar-refractivity contribution in [2.75, 3.05) is 14.7 Å². The quantitative estimate of drug-likeness (QED) is 0.130. The zero-order valence-electron chi connectivity index (χ0n) is 29.1. The van der Waals surface area contributed by atoms with Crippen LogP contribution in [0.4, 0.5) is 51.3 Å². The molecule has 0 amide bonds. The van der Waals surface area contributed by atoms with Gasteiger partial charge in [0.2, 0.25) is 5.88 Å². The molecule has 7 heteroatoms. The van der Waals surface area contributed by atoms with E-state index in [4.69, 9.17) is 9.72 Å². The fraction of sp³-hybridized carbons (Fsp3) is 0. The van der Waals surface area contributed by atoms with Crippen LogP contribution >= 0.6 is 31.9 Å². The molecule has 7 aromatic carbocycles. The minimum Gasteiger partial charge on any atom is -0.439 e. The van der Waals surface area contributed by atoms with Crippen LogP contribution in [0.1, 0.15) is 0 Å². The highest BCUT2D eigenvalue weighted by Crippen LogP contribution is 2.45. The Labute approximate surface area is 332 Å². The number of pyridine rings is 1. The normalized spacial score (nSPS) is 10.8. The largest absolute Gasteiger partial charge is 0.439 e. The van der Waals surface area contributed by atoms with Gasteiger partial charge in [0.25, 0.3) is 0 Å². The van der Waals surface area contributed by atoms with Crippen molar-refractivity contribution >= 4 is 83.2 Å². The predicted molar refractivity (Wildman–Crippen MR) is 230 cm³/mol. The van der Waals surface area contributed by atoms with Gasteiger partial charge in [0.05, 0.1) is 17.1 Å². The van der Waals surface area contributed by atoms with E-state index in [1.807, 2.05) is 78.9 Å². The topological polar surface area (TPSA) is 31.8 Å². The van der Waals surface area contributed by atoms with Gasteiger partial charge in [-0.25, -0.2) is 0 Å². The van der Waals surface area contributed by atoms with Crippen molar-refractivity contribution in [2.45, 2.75) is 0 Å². The molecule has 0 fully saturated rings. The van der Waals surface area contributed by atoms with E-state index < -0.39 is 0 Å². The number of rotatable bonds is 11. The molecule has 262 valence electrons. The molecule has 8 aromatic rings. The molecule has 1 aromatic heterocycles. The molecule has 0 radical (unpaired) electrons. The zero-order chi connectivity index (χ0) is 36.7. The predicted octanol–water partition coefficient (Wildman–Crippen LogP) is 14.8. The van der Waals surface area contributed by atoms with E-state index in [1.54, 1.807) is 0 Å². The molecule has 0 unspecified atom stereocenters. The maximum atomic E-state index is 6.34. The minimum absolute atomic E-state index is 0.472. The summed E-state index contributed by atoms with van der Waals surface area (Å²) in [7, 11) is 0. The Morgan fingerprint density at radius 1 is 0.333 bits per heavy atom. The average molecular weight is 831 g/mol. The first-order chi connectivity index (χ1) is 26.6. The summed E-state index contributed by atoms with van der Waals surface area (Å²) in [5, 5.41) is 0. The molecule has 0 bridgehead atoms. The number of anilines is 9. The number of hydrogen-bond acceptors (Lipinski definition) is 5. The third-order valence-electron chi connectivity index (χ3n) is 8.73. The Morgan fingerprint density at radius 3 is 1.07 bits per heavy atom. The number of hydrogen-bond donors (Lipinski definition) is 0. The van der Waals surface area contributed by atoms with Gasteiger partial charge in [-0.2, -0.15) is 4.98 Å². The van der Waals surface area contributed by atoms with Crippen LogP contribution in [-0.2, 0) is 0 Å². The van der Waals surface area contributed by atoms with Gasteiger partial charge in [-0.15, -0.1) is 0 Å². The lowest BCUT2D eigenvalue weighted by atomic mass is 10.1. The zero-order valence-corrected chi connectivity index (χ0v) is 32.3. The molecule has 0 saturated carbocycles. The summed E-state index contributed by atoms with van der Waals surface area (Å²) in [6.07, 6.45) is 0. The molecular formula is C47H34Br2N4O. The molecule has 5 nitrogen and oxygen atoms in total. The Morgan fingerprint density at radius 2 is 0.685 bits per heavy atom. The van der Waals surface area contributed by atoms with Crippen molar-refractivity contribution in [1.82, 2.24) is 4.98 Å². The van der Waals surface area contributed by atoms with Crippen molar-refractivity contribution in [1.29, 1.82) is 0 Å². The smallest absolute Gasteiger partial charge is 0.221 e. The van der Waals surface area contributed by atoms with E-state index in [0.29, 0.717) is 17.4 Å². The molecule has 0 spiro atoms. The van der Waals surface area contributed by atoms with Crippen molar-refractivity contribution in [3.8, 4) is 11.6 Å². The van der Waals surface area contributed by atoms with Crippen LogP contribution < -0.4 is 19.4 Å². The lowest BCUT2D eigenvalue weighted by Gasteiger charge is -2.32. The second kappa shape index (κ2) is 16.3. The summed E-state index contributed by atoms with van der Waals surface area (Å²) in [4.78, 5) is 11.9. The monoisotopic (exact) mass is 828 g/mol. The van der Waals surface area contributed by atoms with Gasteiger partial charge in [0.15, 0.2) is 0 Å². The van der Waals surface area contributed by atoms with Crippen LogP contribution in [0, 0.1) is 0 Å². The molecule has 8 rings (SSSR count). The van der Waals surface area contributed by atoms with E-state index in [9.17, 15) is 0 Å². The summed E-state index contributed by atoms with van der Waals surface area (Å²) in [5.74, 6) is 1.84. The third kappa shape index (κ3) is 7.93. The van der Waals surface area contributed by atoms with Gasteiger partial charge in [0.1, 0.15) is 11.6 Å². The number of aromatic nitrogens is 1. The molecule has 0 aliphatic heterocycles. The minimum atomic E-state index is 0.472. The number of nitrogens with zero attached hydrogens (tertiary/aromatic N) is 4. The highest BCUT2D eigenvalue weighted by Gasteiger charge is 2.23. The summed E-state index contributed by atoms with van der Waals surface area (Å²) in [5.41, 5.74) is 7.98. The second-order valence-corrected chi connectivity index (χ2v) is 14.3. The van der Waals surface area contributed by atoms with Gasteiger partial charge in [-0.3, -0.25) is 4.90 Å². The van der Waals surface area contributed by atoms with E-state index in [2.05, 4.69) is 174 Å². The van der Waals surface area contributed by atoms with Gasteiger partial charge < -0.3 is 14.5 Å². The maximum Gasteiger partial charge on any atom is 0.221 e. The summed E-state index contributed by atoms with van der Waals surface area (Å²) in [6.45, 7) is 0. The van der Waals surface area contributed by atoms with E-state index in [1.165, 1.54) is 0 Å². The molecule has 0 N–H and O–H groups in total. The Kier molecular flexibility index (Phi) is 10.5. The van der Waals surface area contributed by atoms with Crippen LogP contribution in [0.15, 0.2) is 215 Å². The van der Waals surface area contributed by atoms with Crippen LogP contribution in [0.2, 0.25) is 0 Å². The van der Waals surface area contributed by atoms with Crippen LogP contribution in [0.3, 0.4) is 0 Å². The van der Waals surface area contributed by atoms with Crippen LogP contribution in [-0.4, -0.2) is 4.98 Å². The molecular weight excluding hydrogens is 796 g/mol. The molecule has 0 aliphatic rings. The Bertz CT molecular complexity index is 2250. The Hall–Kier alpha value is -6.15. The summed E-state index contributed by atoms with van der Waals surface area (Å²) < 4.78 is 8.15. The van der Waals surface area contributed by atoms with Crippen molar-refractivity contribution in [2.24, 2.45) is 0 Å². The standard InChI is InChI=1S/C47H34Br2N4O/c48-35-29-36(49)31-45(30-35)54-47-28-16-27-46(50-47)53(41-25-14-5-15-26-41)44-33-42(51(37-17-6-1-7-18-37)38-19-8-2-9-20-38)32-43(34-44)52(39-21-10-3-11-22-39)40-23-12-4-13-24-40/h1-34H. The SMILES string of the molecule is Brc1cc(Br)cc(Oc2cccc(N(c3ccccc3)c3cc(N(c4ccccc4)c4ccccc4)cc(N(c4ccccc4)c4ccccc4)c3)n2)c1. The fourth-order valence-corrected chi connectivity index (χ4v) is 7.71. The van der Waals surface area contributed by atoms with Gasteiger partial charge in [0, 0.05) is 43.4 Å². The van der Waals surface area contributed by atoms with Gasteiger partial charge in [-0.05, 0) is 103 Å². The van der Waals surface area contributed by atoms with E-state index in [-0.39, 0.29) is 0 Å². The van der Waals surface area contributed by atoms with Gasteiger partial charge in [-0.1, -0.05) is 129 Å². The summed E-state index contributed by atoms with van der Waals surface area (Å²) in [6, 6.07) is 70.7. The highest BCUT2D eigenvalue weighted by atomic mass is 79.9. The van der Waals surface area contributed by atoms with Crippen molar-refractivity contribution in [3.05, 3.63) is 215 Å². The number of halogens is 2. The van der Waals surface area contributed by atoms with Gasteiger partial charge >= 0.3 is 0 Å². The molecule has 0 atom stereocenters. The Balaban J connectivity index is 1.37. The first-order valence-electron chi connectivity index (χ1n) is 17.5. The maximum absolute atomic E-state index is 6.34. The molecule has 0 aliphatic carbocycles. The fourth-order valence-electron chi connectivity index (χ4n) is 6.45. The molecule has 0 saturated heterocycles. The number of benzene rings is 7. The van der Waals surface area contributed by atoms with Crippen LogP contribution in [0.5, 0.6) is 11.6 Å². The molecule has 54 heavy (non-hydrogen) atoms. The highest BCUT2D eigenvalue weighted by molar-refractivity contribution is 9.11. The molecule has 1 heterocycles. The average Bonchev–Trinajstić information content (AvgIpc) is 3.20. The number of para-hydroxylation sites is 5.